The van der Waals surface area contributed by atoms with Crippen molar-refractivity contribution in [1.82, 2.24) is 19.9 Å². The number of nitrogens with one attached hydrogen (secondary N) is 2. The molecule has 3 aromatic heterocycles. The number of likely N-dealkylation sites (tertiary alicyclic amines) is 1. The molecule has 1 fully saturated rings. The van der Waals surface area contributed by atoms with Gasteiger partial charge in [0, 0.05) is 48.4 Å². The van der Waals surface area contributed by atoms with E-state index in [9.17, 15) is 9.59 Å². The molecule has 1 aliphatic heterocycles. The highest BCUT2D eigenvalue weighted by Gasteiger charge is 2.34. The number of carbonyl (C=O) groups excluding carboxylic acids is 2. The van der Waals surface area contributed by atoms with Crippen molar-refractivity contribution >= 4 is 35.1 Å². The van der Waals surface area contributed by atoms with Crippen LogP contribution < -0.4 is 15.4 Å². The summed E-state index contributed by atoms with van der Waals surface area (Å²) in [6, 6.07) is 8.39. The van der Waals surface area contributed by atoms with Gasteiger partial charge in [-0.25, -0.2) is 14.6 Å². The molecule has 0 aromatic carbocycles. The predicted octanol–water partition coefficient (Wildman–Crippen LogP) is 4.49. The molecule has 0 spiro atoms. The summed E-state index contributed by atoms with van der Waals surface area (Å²) in [5, 5.41) is 7.94. The van der Waals surface area contributed by atoms with Gasteiger partial charge in [-0.3, -0.25) is 15.6 Å². The molecule has 4 rings (SSSR count). The third kappa shape index (κ3) is 6.41. The SMILES string of the molecule is CC(C)(C)OC(=O)N1CC(COc2cccc(NC(=O)Nc3csc(-c4ccncc4)n3)n2)C1. The van der Waals surface area contributed by atoms with Crippen LogP contribution in [0, 0.1) is 5.92 Å². The summed E-state index contributed by atoms with van der Waals surface area (Å²) in [6.45, 7) is 7.09. The van der Waals surface area contributed by atoms with Crippen LogP contribution in [0.4, 0.5) is 21.2 Å². The Labute approximate surface area is 201 Å². The monoisotopic (exact) mass is 482 g/mol. The van der Waals surface area contributed by atoms with E-state index in [0.29, 0.717) is 37.2 Å². The molecular weight excluding hydrogens is 456 g/mol. The van der Waals surface area contributed by atoms with Gasteiger partial charge >= 0.3 is 12.1 Å². The number of hydrogen-bond donors (Lipinski definition) is 2. The molecule has 0 radical (unpaired) electrons. The van der Waals surface area contributed by atoms with Crippen molar-refractivity contribution in [3.63, 3.8) is 0 Å². The summed E-state index contributed by atoms with van der Waals surface area (Å²) >= 11 is 1.43. The molecule has 34 heavy (non-hydrogen) atoms. The summed E-state index contributed by atoms with van der Waals surface area (Å²) in [5.74, 6) is 1.39. The first-order valence-electron chi connectivity index (χ1n) is 10.8. The van der Waals surface area contributed by atoms with Gasteiger partial charge in [-0.1, -0.05) is 6.07 Å². The molecule has 1 aliphatic rings. The molecule has 4 heterocycles. The number of rotatable bonds is 6. The van der Waals surface area contributed by atoms with Gasteiger partial charge in [-0.05, 0) is 39.0 Å². The molecule has 0 unspecified atom stereocenters. The molecular formula is C23H26N6O4S. The summed E-state index contributed by atoms with van der Waals surface area (Å²) < 4.78 is 11.1. The van der Waals surface area contributed by atoms with Crippen molar-refractivity contribution in [2.75, 3.05) is 30.3 Å². The van der Waals surface area contributed by atoms with Crippen LogP contribution in [0.2, 0.25) is 0 Å². The lowest BCUT2D eigenvalue weighted by molar-refractivity contribution is -0.00806. The van der Waals surface area contributed by atoms with Gasteiger partial charge in [0.05, 0.1) is 6.61 Å². The lowest BCUT2D eigenvalue weighted by Crippen LogP contribution is -2.53. The quantitative estimate of drug-likeness (QED) is 0.531. The highest BCUT2D eigenvalue weighted by Crippen LogP contribution is 2.25. The fourth-order valence-corrected chi connectivity index (χ4v) is 3.90. The Morgan fingerprint density at radius 2 is 1.82 bits per heavy atom. The average molecular weight is 483 g/mol. The second-order valence-electron chi connectivity index (χ2n) is 8.78. The fourth-order valence-electron chi connectivity index (χ4n) is 3.14. The first-order valence-corrected chi connectivity index (χ1v) is 11.6. The van der Waals surface area contributed by atoms with Crippen molar-refractivity contribution in [1.29, 1.82) is 0 Å². The minimum absolute atomic E-state index is 0.202. The normalized spacial score (nSPS) is 13.7. The van der Waals surface area contributed by atoms with Gasteiger partial charge in [0.25, 0.3) is 0 Å². The molecule has 10 nitrogen and oxygen atoms in total. The van der Waals surface area contributed by atoms with E-state index in [1.54, 1.807) is 40.9 Å². The lowest BCUT2D eigenvalue weighted by atomic mass is 10.0. The smallest absolute Gasteiger partial charge is 0.410 e. The van der Waals surface area contributed by atoms with E-state index >= 15 is 0 Å². The third-order valence-corrected chi connectivity index (χ3v) is 5.61. The van der Waals surface area contributed by atoms with Crippen molar-refractivity contribution in [2.24, 2.45) is 5.92 Å². The average Bonchev–Trinajstić information content (AvgIpc) is 3.20. The van der Waals surface area contributed by atoms with Crippen molar-refractivity contribution < 1.29 is 19.1 Å². The molecule has 0 aliphatic carbocycles. The lowest BCUT2D eigenvalue weighted by Gasteiger charge is -2.39. The van der Waals surface area contributed by atoms with E-state index in [1.165, 1.54) is 11.3 Å². The molecule has 11 heteroatoms. The maximum Gasteiger partial charge on any atom is 0.410 e. The summed E-state index contributed by atoms with van der Waals surface area (Å²) in [5.41, 5.74) is 0.421. The molecule has 178 valence electrons. The van der Waals surface area contributed by atoms with Gasteiger partial charge in [0.2, 0.25) is 5.88 Å². The minimum atomic E-state index is -0.510. The van der Waals surface area contributed by atoms with Crippen LogP contribution in [-0.2, 0) is 4.74 Å². The van der Waals surface area contributed by atoms with Gasteiger partial charge in [-0.2, -0.15) is 4.98 Å². The molecule has 3 aromatic rings. The maximum absolute atomic E-state index is 12.4. The summed E-state index contributed by atoms with van der Waals surface area (Å²) in [6.07, 6.45) is 3.07. The molecule has 0 atom stereocenters. The van der Waals surface area contributed by atoms with Crippen molar-refractivity contribution in [3.05, 3.63) is 48.1 Å². The maximum atomic E-state index is 12.4. The number of hydrogen-bond acceptors (Lipinski definition) is 8. The van der Waals surface area contributed by atoms with Gasteiger partial charge in [-0.15, -0.1) is 11.3 Å². The van der Waals surface area contributed by atoms with Gasteiger partial charge in [0.15, 0.2) is 0 Å². The summed E-state index contributed by atoms with van der Waals surface area (Å²) in [7, 11) is 0. The first-order chi connectivity index (χ1) is 16.2. The van der Waals surface area contributed by atoms with E-state index in [1.807, 2.05) is 32.9 Å². The predicted molar refractivity (Wildman–Crippen MR) is 129 cm³/mol. The molecule has 0 saturated carbocycles. The highest BCUT2D eigenvalue weighted by atomic mass is 32.1. The topological polar surface area (TPSA) is 119 Å². The number of carbonyl (C=O) groups is 2. The number of anilines is 2. The standard InChI is InChI=1S/C23H26N6O4S/c1-23(2,3)33-22(31)29-11-15(12-29)13-32-19-6-4-5-17(25-19)27-21(30)28-18-14-34-20(26-18)16-7-9-24-10-8-16/h4-10,14-15H,11-13H2,1-3H3,(H2,25,27,28,30). The van der Waals surface area contributed by atoms with E-state index in [4.69, 9.17) is 9.47 Å². The van der Waals surface area contributed by atoms with Crippen LogP contribution in [0.3, 0.4) is 0 Å². The van der Waals surface area contributed by atoms with E-state index in [-0.39, 0.29) is 12.0 Å². The summed E-state index contributed by atoms with van der Waals surface area (Å²) in [4.78, 5) is 38.7. The Kier molecular flexibility index (Phi) is 6.92. The van der Waals surface area contributed by atoms with E-state index < -0.39 is 11.6 Å². The van der Waals surface area contributed by atoms with Gasteiger partial charge < -0.3 is 14.4 Å². The van der Waals surface area contributed by atoms with Crippen LogP contribution in [-0.4, -0.2) is 57.3 Å². The minimum Gasteiger partial charge on any atom is -0.477 e. The van der Waals surface area contributed by atoms with Crippen LogP contribution in [0.1, 0.15) is 20.8 Å². The molecule has 0 bridgehead atoms. The van der Waals surface area contributed by atoms with E-state index in [0.717, 1.165) is 10.6 Å². The van der Waals surface area contributed by atoms with Crippen LogP contribution in [0.25, 0.3) is 10.6 Å². The zero-order valence-electron chi connectivity index (χ0n) is 19.1. The Morgan fingerprint density at radius 3 is 2.56 bits per heavy atom. The molecule has 3 amide bonds. The number of thiazole rings is 1. The van der Waals surface area contributed by atoms with Crippen molar-refractivity contribution in [3.8, 4) is 16.5 Å². The molecule has 1 saturated heterocycles. The highest BCUT2D eigenvalue weighted by molar-refractivity contribution is 7.13. The first kappa shape index (κ1) is 23.4. The van der Waals surface area contributed by atoms with Gasteiger partial charge in [0.1, 0.15) is 22.2 Å². The largest absolute Gasteiger partial charge is 0.477 e. The second-order valence-corrected chi connectivity index (χ2v) is 9.63. The van der Waals surface area contributed by atoms with Crippen LogP contribution >= 0.6 is 11.3 Å². The van der Waals surface area contributed by atoms with Crippen LogP contribution in [0.15, 0.2) is 48.1 Å². The number of urea groups is 1. The Bertz CT molecular complexity index is 1140. The Balaban J connectivity index is 1.23. The number of aromatic nitrogens is 3. The zero-order chi connectivity index (χ0) is 24.1. The number of pyridine rings is 2. The number of nitrogens with zero attached hydrogens (tertiary/aromatic N) is 4. The zero-order valence-corrected chi connectivity index (χ0v) is 20.0. The Hall–Kier alpha value is -3.73. The Morgan fingerprint density at radius 1 is 1.09 bits per heavy atom. The number of ether oxygens (including phenoxy) is 2. The second kappa shape index (κ2) is 10.0. The molecule has 2 N–H and O–H groups in total. The third-order valence-electron chi connectivity index (χ3n) is 4.71. The van der Waals surface area contributed by atoms with Crippen molar-refractivity contribution in [2.45, 2.75) is 26.4 Å². The van der Waals surface area contributed by atoms with Crippen LogP contribution in [0.5, 0.6) is 5.88 Å². The van der Waals surface area contributed by atoms with E-state index in [2.05, 4.69) is 25.6 Å². The number of amides is 3. The fraction of sp³-hybridized carbons (Fsp3) is 0.348.